The van der Waals surface area contributed by atoms with Gasteiger partial charge in [0.25, 0.3) is 0 Å². The van der Waals surface area contributed by atoms with Crippen molar-refractivity contribution in [2.45, 2.75) is 19.4 Å². The molecule has 1 saturated heterocycles. The van der Waals surface area contributed by atoms with Crippen LogP contribution in [0.15, 0.2) is 6.20 Å². The van der Waals surface area contributed by atoms with E-state index < -0.39 is 6.09 Å². The second-order valence-corrected chi connectivity index (χ2v) is 4.55. The van der Waals surface area contributed by atoms with Crippen molar-refractivity contribution in [2.75, 3.05) is 25.1 Å². The van der Waals surface area contributed by atoms with Gasteiger partial charge in [-0.1, -0.05) is 0 Å². The minimum absolute atomic E-state index is 0.0746. The van der Waals surface area contributed by atoms with Gasteiger partial charge in [0, 0.05) is 24.8 Å². The molecule has 0 saturated carbocycles. The second-order valence-electron chi connectivity index (χ2n) is 4.21. The maximum absolute atomic E-state index is 11.1. The van der Waals surface area contributed by atoms with Gasteiger partial charge in [0.2, 0.25) is 5.28 Å². The maximum Gasteiger partial charge on any atom is 0.407 e. The molecule has 0 spiro atoms. The van der Waals surface area contributed by atoms with Gasteiger partial charge in [0.15, 0.2) is 0 Å². The first-order valence-electron chi connectivity index (χ1n) is 5.68. The van der Waals surface area contributed by atoms with Crippen molar-refractivity contribution in [3.8, 4) is 0 Å². The number of nitrogens with one attached hydrogen (secondary N) is 1. The number of aryl methyl sites for hydroxylation is 1. The van der Waals surface area contributed by atoms with Crippen molar-refractivity contribution < 1.29 is 9.53 Å². The standard InChI is InChI=1S/C11H15ClN4O2/c1-7-5-13-10(12)15-9(7)16-4-3-8(6-16)14-11(17)18-2/h5,8H,3-4,6H2,1-2H3,(H,14,17). The Morgan fingerprint density at radius 2 is 2.44 bits per heavy atom. The summed E-state index contributed by atoms with van der Waals surface area (Å²) in [6, 6.07) is 0.0746. The number of ether oxygens (including phenoxy) is 1. The maximum atomic E-state index is 11.1. The number of carbonyl (C=O) groups is 1. The number of aromatic nitrogens is 2. The molecule has 1 unspecified atom stereocenters. The van der Waals surface area contributed by atoms with Crippen LogP contribution >= 0.6 is 11.6 Å². The third-order valence-electron chi connectivity index (χ3n) is 2.91. The number of carbonyl (C=O) groups excluding carboxylic acids is 1. The summed E-state index contributed by atoms with van der Waals surface area (Å²) in [6.45, 7) is 3.46. The lowest BCUT2D eigenvalue weighted by atomic mass is 10.3. The highest BCUT2D eigenvalue weighted by Gasteiger charge is 2.26. The quantitative estimate of drug-likeness (QED) is 0.822. The fraction of sp³-hybridized carbons (Fsp3) is 0.545. The van der Waals surface area contributed by atoms with Crippen LogP contribution in [0.4, 0.5) is 10.6 Å². The number of nitrogens with zero attached hydrogens (tertiary/aromatic N) is 3. The Morgan fingerprint density at radius 3 is 3.17 bits per heavy atom. The van der Waals surface area contributed by atoms with Crippen LogP contribution in [0.3, 0.4) is 0 Å². The smallest absolute Gasteiger partial charge is 0.407 e. The number of hydrogen-bond donors (Lipinski definition) is 1. The van der Waals surface area contributed by atoms with E-state index in [0.717, 1.165) is 24.3 Å². The molecule has 98 valence electrons. The lowest BCUT2D eigenvalue weighted by Gasteiger charge is -2.19. The van der Waals surface area contributed by atoms with Crippen LogP contribution in [0.1, 0.15) is 12.0 Å². The predicted octanol–water partition coefficient (Wildman–Crippen LogP) is 1.37. The zero-order valence-corrected chi connectivity index (χ0v) is 11.1. The minimum atomic E-state index is -0.403. The molecule has 0 aliphatic carbocycles. The van der Waals surface area contributed by atoms with Gasteiger partial charge in [0.05, 0.1) is 13.2 Å². The van der Waals surface area contributed by atoms with Gasteiger partial charge < -0.3 is 15.0 Å². The van der Waals surface area contributed by atoms with Gasteiger partial charge in [-0.25, -0.2) is 14.8 Å². The molecule has 1 aliphatic rings. The van der Waals surface area contributed by atoms with E-state index in [1.807, 2.05) is 6.92 Å². The molecule has 0 aromatic carbocycles. The van der Waals surface area contributed by atoms with E-state index in [9.17, 15) is 4.79 Å². The zero-order chi connectivity index (χ0) is 13.1. The van der Waals surface area contributed by atoms with Crippen LogP contribution in [0.5, 0.6) is 0 Å². The highest BCUT2D eigenvalue weighted by atomic mass is 35.5. The molecule has 2 heterocycles. The summed E-state index contributed by atoms with van der Waals surface area (Å²) < 4.78 is 4.58. The molecule has 1 amide bonds. The molecule has 1 aromatic heterocycles. The molecule has 0 bridgehead atoms. The third kappa shape index (κ3) is 2.81. The SMILES string of the molecule is COC(=O)NC1CCN(c2nc(Cl)ncc2C)C1. The van der Waals surface area contributed by atoms with Crippen molar-refractivity contribution in [1.82, 2.24) is 15.3 Å². The van der Waals surface area contributed by atoms with Gasteiger partial charge in [0.1, 0.15) is 5.82 Å². The average molecular weight is 271 g/mol. The Morgan fingerprint density at radius 1 is 1.67 bits per heavy atom. The average Bonchev–Trinajstić information content (AvgIpc) is 2.80. The Balaban J connectivity index is 2.04. The van der Waals surface area contributed by atoms with Crippen LogP contribution in [-0.2, 0) is 4.74 Å². The van der Waals surface area contributed by atoms with E-state index in [2.05, 4.69) is 24.9 Å². The highest BCUT2D eigenvalue weighted by molar-refractivity contribution is 6.28. The van der Waals surface area contributed by atoms with E-state index >= 15 is 0 Å². The summed E-state index contributed by atoms with van der Waals surface area (Å²) in [5.41, 5.74) is 0.970. The van der Waals surface area contributed by atoms with Crippen molar-refractivity contribution in [2.24, 2.45) is 0 Å². The van der Waals surface area contributed by atoms with Gasteiger partial charge in [-0.15, -0.1) is 0 Å². The van der Waals surface area contributed by atoms with Crippen LogP contribution < -0.4 is 10.2 Å². The molecule has 0 radical (unpaired) electrons. The van der Waals surface area contributed by atoms with Gasteiger partial charge in [-0.2, -0.15) is 0 Å². The van der Waals surface area contributed by atoms with E-state index in [1.165, 1.54) is 7.11 Å². The minimum Gasteiger partial charge on any atom is -0.453 e. The zero-order valence-electron chi connectivity index (χ0n) is 10.3. The van der Waals surface area contributed by atoms with Crippen LogP contribution in [-0.4, -0.2) is 42.3 Å². The van der Waals surface area contributed by atoms with Gasteiger partial charge in [-0.3, -0.25) is 0 Å². The normalized spacial score (nSPS) is 18.8. The molecule has 1 N–H and O–H groups in total. The van der Waals surface area contributed by atoms with Gasteiger partial charge in [-0.05, 0) is 24.9 Å². The first-order valence-corrected chi connectivity index (χ1v) is 6.06. The summed E-state index contributed by atoms with van der Waals surface area (Å²) in [4.78, 5) is 21.4. The molecule has 7 heteroatoms. The molecule has 1 atom stereocenters. The van der Waals surface area contributed by atoms with Crippen LogP contribution in [0.2, 0.25) is 5.28 Å². The van der Waals surface area contributed by atoms with Crippen molar-refractivity contribution in [1.29, 1.82) is 0 Å². The highest BCUT2D eigenvalue weighted by Crippen LogP contribution is 2.22. The number of rotatable bonds is 2. The lowest BCUT2D eigenvalue weighted by molar-refractivity contribution is 0.167. The molecule has 1 fully saturated rings. The number of anilines is 1. The first kappa shape index (κ1) is 12.9. The fourth-order valence-corrected chi connectivity index (χ4v) is 2.16. The third-order valence-corrected chi connectivity index (χ3v) is 3.09. The Bertz CT molecular complexity index is 455. The summed E-state index contributed by atoms with van der Waals surface area (Å²) in [7, 11) is 1.36. The van der Waals surface area contributed by atoms with E-state index in [-0.39, 0.29) is 11.3 Å². The molecular weight excluding hydrogens is 256 g/mol. The number of methoxy groups -OCH3 is 1. The molecule has 18 heavy (non-hydrogen) atoms. The predicted molar refractivity (Wildman–Crippen MR) is 67.9 cm³/mol. The summed E-state index contributed by atoms with van der Waals surface area (Å²) in [5.74, 6) is 0.823. The molecule has 2 rings (SSSR count). The number of halogens is 1. The van der Waals surface area contributed by atoms with Crippen molar-refractivity contribution >= 4 is 23.5 Å². The molecule has 1 aliphatic heterocycles. The molecular formula is C11H15ClN4O2. The Hall–Kier alpha value is -1.56. The second kappa shape index (κ2) is 5.39. The van der Waals surface area contributed by atoms with Gasteiger partial charge >= 0.3 is 6.09 Å². The van der Waals surface area contributed by atoms with Crippen LogP contribution in [0, 0.1) is 6.92 Å². The topological polar surface area (TPSA) is 67.3 Å². The number of hydrogen-bond acceptors (Lipinski definition) is 5. The van der Waals surface area contributed by atoms with E-state index in [1.54, 1.807) is 6.20 Å². The first-order chi connectivity index (χ1) is 8.60. The fourth-order valence-electron chi connectivity index (χ4n) is 2.03. The summed E-state index contributed by atoms with van der Waals surface area (Å²) in [6.07, 6.45) is 2.15. The summed E-state index contributed by atoms with van der Waals surface area (Å²) >= 11 is 5.80. The van der Waals surface area contributed by atoms with E-state index in [4.69, 9.17) is 11.6 Å². The molecule has 1 aromatic rings. The van der Waals surface area contributed by atoms with Crippen molar-refractivity contribution in [3.05, 3.63) is 17.0 Å². The monoisotopic (exact) mass is 270 g/mol. The Kier molecular flexibility index (Phi) is 3.86. The van der Waals surface area contributed by atoms with E-state index in [0.29, 0.717) is 6.54 Å². The Labute approximate surface area is 110 Å². The number of alkyl carbamates (subject to hydrolysis) is 1. The summed E-state index contributed by atoms with van der Waals surface area (Å²) in [5, 5.41) is 3.02. The lowest BCUT2D eigenvalue weighted by Crippen LogP contribution is -2.37. The number of amides is 1. The largest absolute Gasteiger partial charge is 0.453 e. The van der Waals surface area contributed by atoms with Crippen LogP contribution in [0.25, 0.3) is 0 Å². The van der Waals surface area contributed by atoms with Crippen molar-refractivity contribution in [3.63, 3.8) is 0 Å². The molecule has 6 nitrogen and oxygen atoms in total.